The van der Waals surface area contributed by atoms with E-state index in [1.807, 2.05) is 30.3 Å². The fourth-order valence-electron chi connectivity index (χ4n) is 2.83. The third-order valence-corrected chi connectivity index (χ3v) is 5.30. The average Bonchev–Trinajstić information content (AvgIpc) is 2.96. The molecule has 1 aromatic heterocycles. The fourth-order valence-corrected chi connectivity index (χ4v) is 3.26. The van der Waals surface area contributed by atoms with Gasteiger partial charge in [-0.2, -0.15) is 11.8 Å². The Morgan fingerprint density at radius 2 is 1.93 bits per heavy atom. The molecule has 1 heterocycles. The second kappa shape index (κ2) is 16.4. The molecule has 0 aromatic carbocycles. The van der Waals surface area contributed by atoms with Crippen LogP contribution >= 0.6 is 35.7 Å². The van der Waals surface area contributed by atoms with Gasteiger partial charge < -0.3 is 15.2 Å². The topological polar surface area (TPSA) is 67.1 Å². The van der Waals surface area contributed by atoms with Crippen LogP contribution in [-0.4, -0.2) is 45.8 Å². The fraction of sp³-hybridized carbons (Fsp3) is 0.842. The molecule has 0 radical (unpaired) electrons. The molecule has 0 aliphatic rings. The third kappa shape index (κ3) is 11.2. The first-order chi connectivity index (χ1) is 12.6. The van der Waals surface area contributed by atoms with Gasteiger partial charge in [-0.05, 0) is 44.1 Å². The van der Waals surface area contributed by atoms with E-state index in [-0.39, 0.29) is 24.0 Å². The number of halogens is 1. The van der Waals surface area contributed by atoms with E-state index in [4.69, 9.17) is 4.99 Å². The van der Waals surface area contributed by atoms with Crippen LogP contribution in [0.4, 0.5) is 0 Å². The Balaban J connectivity index is 0.00000676. The van der Waals surface area contributed by atoms with Crippen molar-refractivity contribution in [2.75, 3.05) is 25.1 Å². The zero-order valence-electron chi connectivity index (χ0n) is 17.8. The first kappa shape index (κ1) is 26.5. The number of rotatable bonds is 13. The number of unbranched alkanes of at least 4 members (excludes halogenated alkanes) is 1. The van der Waals surface area contributed by atoms with E-state index in [0.717, 1.165) is 48.8 Å². The van der Waals surface area contributed by atoms with Gasteiger partial charge in [0.1, 0.15) is 12.4 Å². The molecular formula is C19H39IN6S. The molecule has 0 aliphatic heterocycles. The smallest absolute Gasteiger partial charge is 0.191 e. The van der Waals surface area contributed by atoms with Gasteiger partial charge in [0.2, 0.25) is 0 Å². The van der Waals surface area contributed by atoms with E-state index in [9.17, 15) is 0 Å². The van der Waals surface area contributed by atoms with Crippen molar-refractivity contribution in [3.8, 4) is 0 Å². The molecular weight excluding hydrogens is 471 g/mol. The van der Waals surface area contributed by atoms with Gasteiger partial charge in [0.15, 0.2) is 11.8 Å². The number of nitrogens with zero attached hydrogens (tertiary/aromatic N) is 4. The highest BCUT2D eigenvalue weighted by molar-refractivity contribution is 14.0. The molecule has 0 fully saturated rings. The molecule has 0 aliphatic carbocycles. The quantitative estimate of drug-likeness (QED) is 0.181. The molecule has 27 heavy (non-hydrogen) atoms. The number of hydrogen-bond donors (Lipinski definition) is 2. The summed E-state index contributed by atoms with van der Waals surface area (Å²) >= 11 is 1.88. The van der Waals surface area contributed by atoms with Crippen LogP contribution in [0, 0.1) is 12.8 Å². The Bertz CT molecular complexity index is 520. The van der Waals surface area contributed by atoms with Crippen molar-refractivity contribution < 1.29 is 0 Å². The van der Waals surface area contributed by atoms with E-state index < -0.39 is 0 Å². The Morgan fingerprint density at radius 1 is 1.15 bits per heavy atom. The molecule has 158 valence electrons. The minimum atomic E-state index is 0. The zero-order valence-corrected chi connectivity index (χ0v) is 20.9. The summed E-state index contributed by atoms with van der Waals surface area (Å²) in [6.45, 7) is 8.97. The average molecular weight is 511 g/mol. The summed E-state index contributed by atoms with van der Waals surface area (Å²) in [7, 11) is 1.99. The van der Waals surface area contributed by atoms with Crippen LogP contribution in [0.3, 0.4) is 0 Å². The van der Waals surface area contributed by atoms with Crippen LogP contribution in [0.5, 0.6) is 0 Å². The van der Waals surface area contributed by atoms with Crippen molar-refractivity contribution in [3.63, 3.8) is 0 Å². The van der Waals surface area contributed by atoms with Crippen LogP contribution in [0.15, 0.2) is 4.99 Å². The zero-order chi connectivity index (χ0) is 19.2. The van der Waals surface area contributed by atoms with E-state index in [2.05, 4.69) is 40.9 Å². The maximum Gasteiger partial charge on any atom is 0.191 e. The van der Waals surface area contributed by atoms with Gasteiger partial charge in [-0.25, -0.2) is 4.99 Å². The summed E-state index contributed by atoms with van der Waals surface area (Å²) in [6, 6.07) is 0. The lowest BCUT2D eigenvalue weighted by Gasteiger charge is -2.19. The number of nitrogens with one attached hydrogen (secondary N) is 2. The summed E-state index contributed by atoms with van der Waals surface area (Å²) in [6.07, 6.45) is 9.65. The van der Waals surface area contributed by atoms with Crippen molar-refractivity contribution in [3.05, 3.63) is 11.6 Å². The minimum absolute atomic E-state index is 0. The highest BCUT2D eigenvalue weighted by atomic mass is 127. The summed E-state index contributed by atoms with van der Waals surface area (Å²) in [5.74, 6) is 4.58. The van der Waals surface area contributed by atoms with Crippen LogP contribution < -0.4 is 10.6 Å². The monoisotopic (exact) mass is 510 g/mol. The molecule has 1 unspecified atom stereocenters. The molecule has 8 heteroatoms. The predicted octanol–water partition coefficient (Wildman–Crippen LogP) is 4.14. The number of aliphatic imine (C=N–C) groups is 1. The van der Waals surface area contributed by atoms with Gasteiger partial charge in [0.25, 0.3) is 0 Å². The first-order valence-electron chi connectivity index (χ1n) is 9.98. The van der Waals surface area contributed by atoms with E-state index in [0.29, 0.717) is 6.54 Å². The first-order valence-corrected chi connectivity index (χ1v) is 11.4. The number of thioether (sulfide) groups is 1. The highest BCUT2D eigenvalue weighted by Crippen LogP contribution is 2.13. The summed E-state index contributed by atoms with van der Waals surface area (Å²) in [5, 5.41) is 15.4. The maximum atomic E-state index is 4.74. The summed E-state index contributed by atoms with van der Waals surface area (Å²) in [4.78, 5) is 4.74. The summed E-state index contributed by atoms with van der Waals surface area (Å²) < 4.78 is 2.00. The number of hydrogen-bond acceptors (Lipinski definition) is 4. The van der Waals surface area contributed by atoms with Crippen molar-refractivity contribution in [2.45, 2.75) is 65.8 Å². The van der Waals surface area contributed by atoms with E-state index in [1.165, 1.54) is 32.1 Å². The van der Waals surface area contributed by atoms with Crippen molar-refractivity contribution in [1.29, 1.82) is 0 Å². The largest absolute Gasteiger partial charge is 0.356 e. The number of aromatic nitrogens is 3. The highest BCUT2D eigenvalue weighted by Gasteiger charge is 2.09. The maximum absolute atomic E-state index is 4.74. The van der Waals surface area contributed by atoms with Crippen LogP contribution in [0.25, 0.3) is 0 Å². The molecule has 1 atom stereocenters. The lowest BCUT2D eigenvalue weighted by molar-refractivity contribution is 0.423. The molecule has 1 aromatic rings. The molecule has 0 bridgehead atoms. The van der Waals surface area contributed by atoms with Crippen molar-refractivity contribution >= 4 is 41.7 Å². The molecule has 1 rings (SSSR count). The van der Waals surface area contributed by atoms with Gasteiger partial charge in [0.05, 0.1) is 0 Å². The second-order valence-electron chi connectivity index (χ2n) is 6.84. The molecule has 2 N–H and O–H groups in total. The van der Waals surface area contributed by atoms with Gasteiger partial charge in [0, 0.05) is 20.1 Å². The van der Waals surface area contributed by atoms with E-state index >= 15 is 0 Å². The number of aryl methyl sites for hydroxylation is 1. The van der Waals surface area contributed by atoms with Crippen LogP contribution in [0.1, 0.15) is 64.0 Å². The normalized spacial score (nSPS) is 12.6. The molecule has 0 spiro atoms. The Morgan fingerprint density at radius 3 is 2.52 bits per heavy atom. The van der Waals surface area contributed by atoms with Crippen molar-refractivity contribution in [1.82, 2.24) is 25.4 Å². The van der Waals surface area contributed by atoms with Gasteiger partial charge in [-0.1, -0.05) is 33.1 Å². The lowest BCUT2D eigenvalue weighted by atomic mass is 9.97. The van der Waals surface area contributed by atoms with E-state index in [1.54, 1.807) is 0 Å². The van der Waals surface area contributed by atoms with Gasteiger partial charge in [-0.15, -0.1) is 34.2 Å². The SMILES string of the molecule is CCCCC(CCC)CNC(=NCc1nnc(C)n1C)NCCCSC.I. The van der Waals surface area contributed by atoms with Gasteiger partial charge in [-0.3, -0.25) is 0 Å². The Hall–Kier alpha value is -0.510. The minimum Gasteiger partial charge on any atom is -0.356 e. The van der Waals surface area contributed by atoms with Crippen LogP contribution in [0.2, 0.25) is 0 Å². The second-order valence-corrected chi connectivity index (χ2v) is 7.82. The molecule has 6 nitrogen and oxygen atoms in total. The third-order valence-electron chi connectivity index (χ3n) is 4.60. The number of guanidine groups is 1. The van der Waals surface area contributed by atoms with Crippen LogP contribution in [-0.2, 0) is 13.6 Å². The predicted molar refractivity (Wildman–Crippen MR) is 129 cm³/mol. The summed E-state index contributed by atoms with van der Waals surface area (Å²) in [5.41, 5.74) is 0. The Kier molecular flexibility index (Phi) is 16.1. The molecule has 0 saturated heterocycles. The molecule has 0 saturated carbocycles. The van der Waals surface area contributed by atoms with Crippen molar-refractivity contribution in [2.24, 2.45) is 18.0 Å². The Labute approximate surface area is 187 Å². The standard InChI is InChI=1S/C19H38N6S.HI/c1-6-8-11-17(10-7-2)14-21-19(20-12-9-13-26-5)22-15-18-24-23-16(3)25(18)4;/h17H,6-15H2,1-5H3,(H2,20,21,22);1H. The molecule has 0 amide bonds. The van der Waals surface area contributed by atoms with Gasteiger partial charge >= 0.3 is 0 Å². The lowest BCUT2D eigenvalue weighted by Crippen LogP contribution is -2.40.